The van der Waals surface area contributed by atoms with Crippen LogP contribution in [0.15, 0.2) is 60.7 Å². The van der Waals surface area contributed by atoms with Crippen LogP contribution in [0.25, 0.3) is 0 Å². The zero-order valence-electron chi connectivity index (χ0n) is 25.1. The van der Waals surface area contributed by atoms with Gasteiger partial charge in [-0.2, -0.15) is 0 Å². The van der Waals surface area contributed by atoms with E-state index < -0.39 is 0 Å². The number of carbonyl (C=O) groups is 1. The van der Waals surface area contributed by atoms with Gasteiger partial charge in [0.15, 0.2) is 0 Å². The quantitative estimate of drug-likeness (QED) is 0.0758. The van der Waals surface area contributed by atoms with Gasteiger partial charge >= 0.3 is 5.97 Å². The molecule has 2 aromatic carbocycles. The van der Waals surface area contributed by atoms with Crippen LogP contribution < -0.4 is 14.2 Å². The van der Waals surface area contributed by atoms with Crippen molar-refractivity contribution in [3.05, 3.63) is 66.2 Å². The molecule has 0 aliphatic heterocycles. The summed E-state index contributed by atoms with van der Waals surface area (Å²) in [6.45, 7) is 5.79. The van der Waals surface area contributed by atoms with Gasteiger partial charge in [0.1, 0.15) is 23.9 Å². The average molecular weight is 549 g/mol. The Kier molecular flexibility index (Phi) is 15.4. The van der Waals surface area contributed by atoms with Gasteiger partial charge in [0.25, 0.3) is 0 Å². The van der Waals surface area contributed by atoms with E-state index >= 15 is 0 Å². The van der Waals surface area contributed by atoms with E-state index in [1.54, 1.807) is 24.3 Å². The number of hydrogen-bond donors (Lipinski definition) is 0. The van der Waals surface area contributed by atoms with Crippen molar-refractivity contribution < 1.29 is 19.0 Å². The highest BCUT2D eigenvalue weighted by Gasteiger charge is 2.18. The number of rotatable bonds is 19. The molecule has 40 heavy (non-hydrogen) atoms. The molecular formula is C36H52O4. The van der Waals surface area contributed by atoms with E-state index in [1.165, 1.54) is 89.9 Å². The van der Waals surface area contributed by atoms with Gasteiger partial charge in [-0.25, -0.2) is 4.79 Å². The van der Waals surface area contributed by atoms with Gasteiger partial charge < -0.3 is 14.2 Å². The van der Waals surface area contributed by atoms with Gasteiger partial charge in [0, 0.05) is 0 Å². The number of hydrogen-bond acceptors (Lipinski definition) is 4. The molecule has 1 saturated carbocycles. The summed E-state index contributed by atoms with van der Waals surface area (Å²) in [7, 11) is 0. The van der Waals surface area contributed by atoms with Crippen LogP contribution in [-0.2, 0) is 0 Å². The molecule has 0 amide bonds. The third kappa shape index (κ3) is 12.6. The second-order valence-electron chi connectivity index (χ2n) is 11.4. The first-order valence-corrected chi connectivity index (χ1v) is 16.0. The van der Waals surface area contributed by atoms with Gasteiger partial charge in [-0.05, 0) is 92.5 Å². The van der Waals surface area contributed by atoms with Crippen LogP contribution in [-0.4, -0.2) is 19.2 Å². The summed E-state index contributed by atoms with van der Waals surface area (Å²) in [6, 6.07) is 14.4. The van der Waals surface area contributed by atoms with Crippen molar-refractivity contribution in [3.8, 4) is 17.2 Å². The Bertz CT molecular complexity index is 955. The van der Waals surface area contributed by atoms with Gasteiger partial charge in [0.05, 0.1) is 12.2 Å². The summed E-state index contributed by atoms with van der Waals surface area (Å²) in [6.07, 6.45) is 24.2. The van der Waals surface area contributed by atoms with Gasteiger partial charge in [0.2, 0.25) is 0 Å². The molecule has 0 atom stereocenters. The van der Waals surface area contributed by atoms with Crippen molar-refractivity contribution in [2.24, 2.45) is 11.8 Å². The highest BCUT2D eigenvalue weighted by atomic mass is 16.5. The maximum absolute atomic E-state index is 12.6. The van der Waals surface area contributed by atoms with Crippen LogP contribution in [0.5, 0.6) is 17.2 Å². The van der Waals surface area contributed by atoms with Crippen LogP contribution in [0.3, 0.4) is 0 Å². The Balaban J connectivity index is 1.29. The molecule has 4 nitrogen and oxygen atoms in total. The third-order valence-corrected chi connectivity index (χ3v) is 8.00. The molecule has 0 bridgehead atoms. The first kappa shape index (κ1) is 31.8. The molecule has 0 unspecified atom stereocenters. The van der Waals surface area contributed by atoms with E-state index in [0.717, 1.165) is 23.8 Å². The lowest BCUT2D eigenvalue weighted by Crippen LogP contribution is -2.13. The molecule has 220 valence electrons. The van der Waals surface area contributed by atoms with Crippen LogP contribution in [0.2, 0.25) is 0 Å². The zero-order valence-corrected chi connectivity index (χ0v) is 25.1. The van der Waals surface area contributed by atoms with E-state index in [4.69, 9.17) is 14.2 Å². The fourth-order valence-corrected chi connectivity index (χ4v) is 5.45. The predicted octanol–water partition coefficient (Wildman–Crippen LogP) is 10.4. The lowest BCUT2D eigenvalue weighted by molar-refractivity contribution is 0.0734. The minimum absolute atomic E-state index is 0.379. The third-order valence-electron chi connectivity index (χ3n) is 8.00. The van der Waals surface area contributed by atoms with E-state index in [0.29, 0.717) is 30.4 Å². The second kappa shape index (κ2) is 19.3. The molecule has 1 aliphatic carbocycles. The smallest absolute Gasteiger partial charge is 0.343 e. The molecule has 0 aromatic heterocycles. The summed E-state index contributed by atoms with van der Waals surface area (Å²) in [5.74, 6) is 3.31. The Labute approximate surface area is 243 Å². The van der Waals surface area contributed by atoms with E-state index in [1.807, 2.05) is 24.3 Å². The molecule has 2 aromatic rings. The first-order chi connectivity index (χ1) is 19.7. The van der Waals surface area contributed by atoms with E-state index in [-0.39, 0.29) is 5.97 Å². The molecular weight excluding hydrogens is 496 g/mol. The summed E-state index contributed by atoms with van der Waals surface area (Å²) in [5.41, 5.74) is 0.503. The molecule has 0 saturated heterocycles. The Morgan fingerprint density at radius 3 is 1.98 bits per heavy atom. The Morgan fingerprint density at radius 1 is 0.700 bits per heavy atom. The molecule has 0 radical (unpaired) electrons. The fourth-order valence-electron chi connectivity index (χ4n) is 5.45. The summed E-state index contributed by atoms with van der Waals surface area (Å²) >= 11 is 0. The lowest BCUT2D eigenvalue weighted by atomic mass is 9.79. The molecule has 0 spiro atoms. The summed E-state index contributed by atoms with van der Waals surface area (Å²) in [4.78, 5) is 12.6. The first-order valence-electron chi connectivity index (χ1n) is 16.0. The van der Waals surface area contributed by atoms with Crippen molar-refractivity contribution in [2.75, 3.05) is 13.2 Å². The molecule has 0 heterocycles. The van der Waals surface area contributed by atoms with Crippen molar-refractivity contribution in [2.45, 2.75) is 110 Å². The largest absolute Gasteiger partial charge is 0.494 e. The number of allylic oxidation sites excluding steroid dienone is 1. The van der Waals surface area contributed by atoms with Crippen LogP contribution >= 0.6 is 0 Å². The maximum atomic E-state index is 12.6. The number of benzene rings is 2. The summed E-state index contributed by atoms with van der Waals surface area (Å²) in [5, 5.41) is 0. The SMILES string of the molecule is CCCCCCCCCOc1ccc(C(=O)Oc2ccc(OCC=C[C@H]3CC[C@H](CCCCC)CC3)cc2)cc1. The van der Waals surface area contributed by atoms with Gasteiger partial charge in [-0.3, -0.25) is 0 Å². The predicted molar refractivity (Wildman–Crippen MR) is 166 cm³/mol. The van der Waals surface area contributed by atoms with Crippen LogP contribution in [0.4, 0.5) is 0 Å². The average Bonchev–Trinajstić information content (AvgIpc) is 2.98. The van der Waals surface area contributed by atoms with Gasteiger partial charge in [-0.15, -0.1) is 0 Å². The minimum atomic E-state index is -0.379. The van der Waals surface area contributed by atoms with Crippen molar-refractivity contribution in [3.63, 3.8) is 0 Å². The van der Waals surface area contributed by atoms with E-state index in [2.05, 4.69) is 26.0 Å². The van der Waals surface area contributed by atoms with Crippen molar-refractivity contribution >= 4 is 5.97 Å². The molecule has 0 N–H and O–H groups in total. The van der Waals surface area contributed by atoms with Gasteiger partial charge in [-0.1, -0.05) is 90.2 Å². The number of esters is 1. The fraction of sp³-hybridized carbons (Fsp3) is 0.583. The number of unbranched alkanes of at least 4 members (excludes halogenated alkanes) is 8. The number of ether oxygens (including phenoxy) is 3. The highest BCUT2D eigenvalue weighted by molar-refractivity contribution is 5.91. The standard InChI is InChI=1S/C36H52O4/c1-3-5-7-8-9-10-12-28-38-33-22-20-32(21-23-33)36(37)40-35-26-24-34(25-27-35)39-29-13-15-31-18-16-30(17-19-31)14-11-6-4-2/h13,15,20-27,30-31H,3-12,14,16-19,28-29H2,1-2H3/t30-,31-. The normalized spacial score (nSPS) is 17.1. The molecule has 1 aliphatic rings. The molecule has 1 fully saturated rings. The zero-order chi connectivity index (χ0) is 28.3. The lowest BCUT2D eigenvalue weighted by Gasteiger charge is -2.26. The van der Waals surface area contributed by atoms with Crippen LogP contribution in [0.1, 0.15) is 121 Å². The maximum Gasteiger partial charge on any atom is 0.343 e. The van der Waals surface area contributed by atoms with Crippen molar-refractivity contribution in [1.82, 2.24) is 0 Å². The second-order valence-corrected chi connectivity index (χ2v) is 11.4. The Morgan fingerprint density at radius 2 is 1.27 bits per heavy atom. The Hall–Kier alpha value is -2.75. The van der Waals surface area contributed by atoms with E-state index in [9.17, 15) is 4.79 Å². The topological polar surface area (TPSA) is 44.8 Å². The minimum Gasteiger partial charge on any atom is -0.494 e. The monoisotopic (exact) mass is 548 g/mol. The molecule has 3 rings (SSSR count). The highest BCUT2D eigenvalue weighted by Crippen LogP contribution is 2.32. The number of carbonyl (C=O) groups excluding carboxylic acids is 1. The van der Waals surface area contributed by atoms with Crippen LogP contribution in [0, 0.1) is 11.8 Å². The van der Waals surface area contributed by atoms with Crippen molar-refractivity contribution in [1.29, 1.82) is 0 Å². The molecule has 4 heteroatoms. The summed E-state index contributed by atoms with van der Waals surface area (Å²) < 4.78 is 17.2.